The minimum atomic E-state index is -0.651. The number of carbonyl (C=O) groups is 3. The number of hydrogen-bond donors (Lipinski definition) is 2. The Kier molecular flexibility index (Phi) is 5.06. The molecule has 0 spiro atoms. The van der Waals surface area contributed by atoms with Crippen LogP contribution in [0, 0.1) is 0 Å². The van der Waals surface area contributed by atoms with Crippen molar-refractivity contribution in [2.75, 3.05) is 7.05 Å². The van der Waals surface area contributed by atoms with Crippen LogP contribution in [0.1, 0.15) is 45.2 Å². The molecule has 1 aliphatic heterocycles. The molecule has 0 bridgehead atoms. The number of nitrogens with zero attached hydrogens (tertiary/aromatic N) is 2. The first-order valence-electron chi connectivity index (χ1n) is 9.16. The van der Waals surface area contributed by atoms with Crippen molar-refractivity contribution in [3.63, 3.8) is 0 Å². The summed E-state index contributed by atoms with van der Waals surface area (Å²) in [6, 6.07) is 4.75. The molecule has 0 saturated carbocycles. The van der Waals surface area contributed by atoms with E-state index in [1.807, 2.05) is 6.07 Å². The maximum atomic E-state index is 12.3. The van der Waals surface area contributed by atoms with E-state index in [9.17, 15) is 19.5 Å². The first kappa shape index (κ1) is 19.7. The van der Waals surface area contributed by atoms with Gasteiger partial charge in [0.1, 0.15) is 11.6 Å². The standard InChI is InChI=1S/C20H25N3O5/c1-20(2,3)28-19(27)22(4)10-12-6-5-7-13-14(12)11-23(18(13)26)15-8-9-16(24)21-17(15)25/h5-7,11,15,26H,8-10H2,1-4H3,(H,21,24,25). The Labute approximate surface area is 163 Å². The van der Waals surface area contributed by atoms with Crippen LogP contribution in [0.25, 0.3) is 10.8 Å². The lowest BCUT2D eigenvalue weighted by atomic mass is 10.1. The summed E-state index contributed by atoms with van der Waals surface area (Å²) in [4.78, 5) is 37.3. The first-order chi connectivity index (χ1) is 13.1. The summed E-state index contributed by atoms with van der Waals surface area (Å²) in [6.07, 6.45) is 1.80. The van der Waals surface area contributed by atoms with Crippen LogP contribution in [0.5, 0.6) is 5.88 Å². The van der Waals surface area contributed by atoms with Crippen molar-refractivity contribution >= 4 is 28.7 Å². The van der Waals surface area contributed by atoms with Crippen molar-refractivity contribution in [3.8, 4) is 5.88 Å². The number of aromatic hydroxyl groups is 1. The lowest BCUT2D eigenvalue weighted by Gasteiger charge is -2.24. The highest BCUT2D eigenvalue weighted by atomic mass is 16.6. The molecule has 1 atom stereocenters. The second kappa shape index (κ2) is 7.18. The van der Waals surface area contributed by atoms with Gasteiger partial charge in [0.05, 0.1) is 0 Å². The van der Waals surface area contributed by atoms with Gasteiger partial charge in [-0.05, 0) is 38.8 Å². The molecule has 1 unspecified atom stereocenters. The average Bonchev–Trinajstić information content (AvgIpc) is 2.91. The highest BCUT2D eigenvalue weighted by molar-refractivity contribution is 6.00. The molecule has 1 aliphatic rings. The SMILES string of the molecule is CN(Cc1cccc2c(O)n(C3CCC(=O)NC3=O)cc12)C(=O)OC(C)(C)C. The van der Waals surface area contributed by atoms with Gasteiger partial charge in [-0.2, -0.15) is 0 Å². The van der Waals surface area contributed by atoms with Gasteiger partial charge in [-0.25, -0.2) is 4.79 Å². The minimum absolute atomic E-state index is 0.0359. The van der Waals surface area contributed by atoms with Gasteiger partial charge < -0.3 is 19.3 Å². The van der Waals surface area contributed by atoms with Crippen molar-refractivity contribution in [1.82, 2.24) is 14.8 Å². The van der Waals surface area contributed by atoms with Crippen molar-refractivity contribution < 1.29 is 24.2 Å². The highest BCUT2D eigenvalue weighted by Crippen LogP contribution is 2.34. The topological polar surface area (TPSA) is 101 Å². The third-order valence-corrected chi connectivity index (χ3v) is 4.61. The molecule has 0 aliphatic carbocycles. The van der Waals surface area contributed by atoms with E-state index in [4.69, 9.17) is 4.74 Å². The lowest BCUT2D eigenvalue weighted by molar-refractivity contribution is -0.135. The number of fused-ring (bicyclic) bond motifs is 1. The predicted octanol–water partition coefficient (Wildman–Crippen LogP) is 2.69. The molecular weight excluding hydrogens is 362 g/mol. The molecular formula is C20H25N3O5. The Balaban J connectivity index is 1.90. The van der Waals surface area contributed by atoms with E-state index >= 15 is 0 Å². The van der Waals surface area contributed by atoms with Gasteiger partial charge >= 0.3 is 6.09 Å². The molecule has 3 rings (SSSR count). The molecule has 150 valence electrons. The van der Waals surface area contributed by atoms with Gasteiger partial charge in [0, 0.05) is 37.0 Å². The zero-order chi connectivity index (χ0) is 20.6. The van der Waals surface area contributed by atoms with E-state index < -0.39 is 23.6 Å². The molecule has 8 nitrogen and oxygen atoms in total. The molecule has 8 heteroatoms. The van der Waals surface area contributed by atoms with Crippen LogP contribution in [0.2, 0.25) is 0 Å². The van der Waals surface area contributed by atoms with Crippen LogP contribution in [0.3, 0.4) is 0 Å². The van der Waals surface area contributed by atoms with Gasteiger partial charge in [0.25, 0.3) is 0 Å². The number of piperidine rings is 1. The zero-order valence-corrected chi connectivity index (χ0v) is 16.5. The monoisotopic (exact) mass is 387 g/mol. The summed E-state index contributed by atoms with van der Waals surface area (Å²) in [5.74, 6) is -0.775. The van der Waals surface area contributed by atoms with Crippen molar-refractivity contribution in [2.45, 2.75) is 51.8 Å². The number of benzene rings is 1. The quantitative estimate of drug-likeness (QED) is 0.789. The molecule has 28 heavy (non-hydrogen) atoms. The van der Waals surface area contributed by atoms with Gasteiger partial charge in [0.15, 0.2) is 5.88 Å². The summed E-state index contributed by atoms with van der Waals surface area (Å²) in [6.45, 7) is 5.69. The third-order valence-electron chi connectivity index (χ3n) is 4.61. The molecule has 0 radical (unpaired) electrons. The molecule has 2 N–H and O–H groups in total. The molecule has 3 amide bonds. The second-order valence-corrected chi connectivity index (χ2v) is 8.04. The summed E-state index contributed by atoms with van der Waals surface area (Å²) in [7, 11) is 1.64. The lowest BCUT2D eigenvalue weighted by Crippen LogP contribution is -2.41. The minimum Gasteiger partial charge on any atom is -0.494 e. The van der Waals surface area contributed by atoms with Crippen molar-refractivity contribution in [1.29, 1.82) is 0 Å². The van der Waals surface area contributed by atoms with Gasteiger partial charge in [-0.1, -0.05) is 12.1 Å². The average molecular weight is 387 g/mol. The fraction of sp³-hybridized carbons (Fsp3) is 0.450. The Morgan fingerprint density at radius 3 is 2.68 bits per heavy atom. The van der Waals surface area contributed by atoms with E-state index in [0.717, 1.165) is 10.9 Å². The highest BCUT2D eigenvalue weighted by Gasteiger charge is 2.30. The number of aromatic nitrogens is 1. The second-order valence-electron chi connectivity index (χ2n) is 8.04. The van der Waals surface area contributed by atoms with Crippen LogP contribution >= 0.6 is 0 Å². The number of imide groups is 1. The summed E-state index contributed by atoms with van der Waals surface area (Å²) in [5, 5.41) is 14.3. The molecule has 2 aromatic rings. The van der Waals surface area contributed by atoms with Crippen LogP contribution in [-0.4, -0.2) is 45.1 Å². The van der Waals surface area contributed by atoms with Crippen molar-refractivity contribution in [2.24, 2.45) is 0 Å². The number of hydrogen-bond acceptors (Lipinski definition) is 5. The van der Waals surface area contributed by atoms with E-state index in [2.05, 4.69) is 5.32 Å². The van der Waals surface area contributed by atoms with Gasteiger partial charge in [0.2, 0.25) is 11.8 Å². The van der Waals surface area contributed by atoms with Gasteiger partial charge in [-0.3, -0.25) is 14.9 Å². The molecule has 1 aromatic heterocycles. The zero-order valence-electron chi connectivity index (χ0n) is 16.5. The van der Waals surface area contributed by atoms with E-state index in [1.165, 1.54) is 9.47 Å². The molecule has 1 fully saturated rings. The van der Waals surface area contributed by atoms with Crippen LogP contribution in [0.4, 0.5) is 4.79 Å². The fourth-order valence-corrected chi connectivity index (χ4v) is 3.28. The van der Waals surface area contributed by atoms with Crippen LogP contribution < -0.4 is 5.32 Å². The largest absolute Gasteiger partial charge is 0.494 e. The maximum absolute atomic E-state index is 12.3. The predicted molar refractivity (Wildman–Crippen MR) is 103 cm³/mol. The molecule has 2 heterocycles. The summed E-state index contributed by atoms with van der Waals surface area (Å²) in [5.41, 5.74) is 0.220. The van der Waals surface area contributed by atoms with E-state index in [-0.39, 0.29) is 24.8 Å². The van der Waals surface area contributed by atoms with E-state index in [1.54, 1.807) is 46.1 Å². The number of carbonyl (C=O) groups excluding carboxylic acids is 3. The normalized spacial score (nSPS) is 17.5. The molecule has 1 saturated heterocycles. The Morgan fingerprint density at radius 2 is 2.04 bits per heavy atom. The molecule has 1 aromatic carbocycles. The Hall–Kier alpha value is -3.03. The van der Waals surface area contributed by atoms with E-state index in [0.29, 0.717) is 11.8 Å². The number of nitrogens with one attached hydrogen (secondary N) is 1. The smallest absolute Gasteiger partial charge is 0.410 e. The number of ether oxygens (including phenoxy) is 1. The number of rotatable bonds is 3. The fourth-order valence-electron chi connectivity index (χ4n) is 3.28. The van der Waals surface area contributed by atoms with Crippen LogP contribution in [0.15, 0.2) is 24.4 Å². The summed E-state index contributed by atoms with van der Waals surface area (Å²) >= 11 is 0. The van der Waals surface area contributed by atoms with Crippen molar-refractivity contribution in [3.05, 3.63) is 30.0 Å². The number of amides is 3. The van der Waals surface area contributed by atoms with Crippen LogP contribution in [-0.2, 0) is 20.9 Å². The Bertz CT molecular complexity index is 941. The summed E-state index contributed by atoms with van der Waals surface area (Å²) < 4.78 is 6.87. The maximum Gasteiger partial charge on any atom is 0.410 e. The Morgan fingerprint density at radius 1 is 1.32 bits per heavy atom. The third kappa shape index (κ3) is 3.95. The first-order valence-corrected chi connectivity index (χ1v) is 9.16. The van der Waals surface area contributed by atoms with Gasteiger partial charge in [-0.15, -0.1) is 0 Å².